The van der Waals surface area contributed by atoms with Crippen molar-refractivity contribution < 1.29 is 4.43 Å². The van der Waals surface area contributed by atoms with Gasteiger partial charge in [0.05, 0.1) is 0 Å². The molecule has 1 rings (SSSR count). The summed E-state index contributed by atoms with van der Waals surface area (Å²) in [5.41, 5.74) is 1.42. The minimum atomic E-state index is -1.41. The Bertz CT molecular complexity index is 271. The van der Waals surface area contributed by atoms with Gasteiger partial charge in [-0.3, -0.25) is 0 Å². The molecule has 0 aromatic heterocycles. The van der Waals surface area contributed by atoms with Gasteiger partial charge in [0, 0.05) is 10.2 Å². The van der Waals surface area contributed by atoms with Crippen LogP contribution in [-0.4, -0.2) is 18.6 Å². The molecule has 0 aromatic carbocycles. The maximum atomic E-state index is 6.08. The number of hydrogen-bond acceptors (Lipinski definition) is 1. The van der Waals surface area contributed by atoms with Gasteiger partial charge in [-0.1, -0.05) is 13.0 Å². The Morgan fingerprint density at radius 3 is 2.23 bits per heavy atom. The van der Waals surface area contributed by atoms with Crippen LogP contribution in [0.25, 0.3) is 0 Å². The highest BCUT2D eigenvalue weighted by Crippen LogP contribution is 2.31. The van der Waals surface area contributed by atoms with Crippen LogP contribution in [0.5, 0.6) is 0 Å². The fraction of sp³-hybridized carbons (Fsp3) is 0.600. The number of allylic oxidation sites excluding steroid dienone is 3. The molecule has 0 aromatic rings. The summed E-state index contributed by atoms with van der Waals surface area (Å²) in [6.45, 7) is 11.2. The highest BCUT2D eigenvalue weighted by Gasteiger charge is 2.24. The van der Waals surface area contributed by atoms with Gasteiger partial charge in [-0.15, -0.1) is 0 Å². The van der Waals surface area contributed by atoms with Crippen molar-refractivity contribution in [2.45, 2.75) is 33.5 Å². The normalized spacial score (nSPS) is 23.8. The summed E-state index contributed by atoms with van der Waals surface area (Å²) in [7, 11) is -0.306. The molecule has 0 aliphatic heterocycles. The van der Waals surface area contributed by atoms with Crippen LogP contribution in [0, 0.1) is 5.92 Å². The van der Waals surface area contributed by atoms with Crippen molar-refractivity contribution in [1.82, 2.24) is 0 Å². The average molecular weight is 212 g/mol. The first-order valence-electron chi connectivity index (χ1n) is 4.90. The van der Waals surface area contributed by atoms with Crippen molar-refractivity contribution in [2.24, 2.45) is 5.92 Å². The van der Waals surface area contributed by atoms with E-state index in [2.05, 4.69) is 39.6 Å². The summed E-state index contributed by atoms with van der Waals surface area (Å²) in [5.74, 6) is 1.82. The highest BCUT2D eigenvalue weighted by molar-refractivity contribution is 6.70. The molecule has 0 spiro atoms. The lowest BCUT2D eigenvalue weighted by Crippen LogP contribution is -2.25. The second kappa shape index (κ2) is 3.46. The van der Waals surface area contributed by atoms with E-state index in [-0.39, 0.29) is 0 Å². The van der Waals surface area contributed by atoms with E-state index in [9.17, 15) is 0 Å². The Hall–Kier alpha value is -0.286. The van der Waals surface area contributed by atoms with Crippen LogP contribution >= 0.6 is 0 Å². The summed E-state index contributed by atoms with van der Waals surface area (Å²) in [4.78, 5) is 0. The molecule has 0 saturated carbocycles. The van der Waals surface area contributed by atoms with Crippen LogP contribution in [0.1, 0.15) is 13.8 Å². The summed E-state index contributed by atoms with van der Waals surface area (Å²) in [6, 6.07) is 0. The predicted molar refractivity (Wildman–Crippen MR) is 64.3 cm³/mol. The Kier molecular flexibility index (Phi) is 2.87. The summed E-state index contributed by atoms with van der Waals surface area (Å²) in [6.07, 6.45) is 2.34. The number of rotatable bonds is 2. The Morgan fingerprint density at radius 2 is 1.92 bits per heavy atom. The van der Waals surface area contributed by atoms with Crippen molar-refractivity contribution in [3.8, 4) is 0 Å². The van der Waals surface area contributed by atoms with Gasteiger partial charge in [-0.25, -0.2) is 0 Å². The third-order valence-electron chi connectivity index (χ3n) is 2.31. The third-order valence-corrected chi connectivity index (χ3v) is 3.91. The Morgan fingerprint density at radius 1 is 1.38 bits per heavy atom. The first kappa shape index (κ1) is 10.8. The second-order valence-corrected chi connectivity index (χ2v) is 10.4. The molecule has 0 amide bonds. The van der Waals surface area contributed by atoms with Gasteiger partial charge in [0.2, 0.25) is 8.32 Å². The van der Waals surface area contributed by atoms with Gasteiger partial charge < -0.3 is 4.43 Å². The van der Waals surface area contributed by atoms with Crippen LogP contribution in [-0.2, 0) is 4.43 Å². The zero-order valence-electron chi connectivity index (χ0n) is 9.56. The topological polar surface area (TPSA) is 9.23 Å². The summed E-state index contributed by atoms with van der Waals surface area (Å²) < 4.78 is 6.08. The lowest BCUT2D eigenvalue weighted by atomic mass is 10.1. The van der Waals surface area contributed by atoms with Crippen LogP contribution in [0.3, 0.4) is 0 Å². The largest absolute Gasteiger partial charge is 0.544 e. The van der Waals surface area contributed by atoms with Crippen LogP contribution in [0.15, 0.2) is 22.6 Å². The molecule has 13 heavy (non-hydrogen) atoms. The third kappa shape index (κ3) is 2.58. The lowest BCUT2D eigenvalue weighted by molar-refractivity contribution is 0.432. The monoisotopic (exact) mass is 212 g/mol. The molecule has 0 saturated heterocycles. The highest BCUT2D eigenvalue weighted by atomic mass is 28.4. The molecule has 0 fully saturated rings. The number of hydrogen-bond donors (Lipinski definition) is 0. The molecule has 0 bridgehead atoms. The van der Waals surface area contributed by atoms with Gasteiger partial charge in [-0.2, -0.15) is 0 Å². The van der Waals surface area contributed by atoms with Crippen molar-refractivity contribution >= 4 is 18.6 Å². The maximum Gasteiger partial charge on any atom is 0.242 e. The van der Waals surface area contributed by atoms with Crippen LogP contribution < -0.4 is 0 Å². The molecule has 0 N–H and O–H groups in total. The fourth-order valence-electron chi connectivity index (χ4n) is 1.56. The van der Waals surface area contributed by atoms with E-state index in [1.54, 1.807) is 0 Å². The van der Waals surface area contributed by atoms with Gasteiger partial charge in [0.25, 0.3) is 0 Å². The molecule has 1 nitrogen and oxygen atoms in total. The second-order valence-electron chi connectivity index (χ2n) is 4.86. The maximum absolute atomic E-state index is 6.08. The Labute approximate surface area is 85.4 Å². The van der Waals surface area contributed by atoms with E-state index in [1.165, 1.54) is 16.5 Å². The predicted octanol–water partition coefficient (Wildman–Crippen LogP) is 2.01. The molecule has 1 unspecified atom stereocenters. The smallest absolute Gasteiger partial charge is 0.242 e. The minimum Gasteiger partial charge on any atom is -0.544 e. The minimum absolute atomic E-state index is 0.596. The average Bonchev–Trinajstić information content (AvgIpc) is 2.14. The van der Waals surface area contributed by atoms with E-state index in [4.69, 9.17) is 4.43 Å². The van der Waals surface area contributed by atoms with Gasteiger partial charge in [0.15, 0.2) is 0 Å². The van der Waals surface area contributed by atoms with E-state index in [0.29, 0.717) is 5.92 Å². The van der Waals surface area contributed by atoms with Crippen LogP contribution in [0.2, 0.25) is 19.6 Å². The standard InChI is InChI=1S/C10H20OSi2/c1-7-6-9(12)10(8(7)2)11-13(3,4)5/h6-7H,1-5,12H3. The fourth-order valence-corrected chi connectivity index (χ4v) is 3.70. The van der Waals surface area contributed by atoms with Crippen molar-refractivity contribution in [3.63, 3.8) is 0 Å². The molecule has 1 aliphatic rings. The molecule has 0 heterocycles. The van der Waals surface area contributed by atoms with Crippen molar-refractivity contribution in [3.05, 3.63) is 22.6 Å². The van der Waals surface area contributed by atoms with E-state index >= 15 is 0 Å². The first-order chi connectivity index (χ1) is 5.81. The first-order valence-corrected chi connectivity index (χ1v) is 9.30. The van der Waals surface area contributed by atoms with Gasteiger partial charge in [0.1, 0.15) is 5.76 Å². The zero-order chi connectivity index (χ0) is 10.2. The molecular weight excluding hydrogens is 192 g/mol. The zero-order valence-corrected chi connectivity index (χ0v) is 12.6. The molecule has 3 heteroatoms. The molecular formula is C10H20OSi2. The molecule has 0 radical (unpaired) electrons. The van der Waals surface area contributed by atoms with Crippen molar-refractivity contribution in [2.75, 3.05) is 0 Å². The summed E-state index contributed by atoms with van der Waals surface area (Å²) >= 11 is 0. The molecule has 74 valence electrons. The van der Waals surface area contributed by atoms with E-state index in [1.807, 2.05) is 0 Å². The lowest BCUT2D eigenvalue weighted by Gasteiger charge is -2.22. The van der Waals surface area contributed by atoms with E-state index in [0.717, 1.165) is 10.2 Å². The van der Waals surface area contributed by atoms with Gasteiger partial charge >= 0.3 is 0 Å². The van der Waals surface area contributed by atoms with Gasteiger partial charge in [-0.05, 0) is 43.3 Å². The van der Waals surface area contributed by atoms with Crippen LogP contribution in [0.4, 0.5) is 0 Å². The molecule has 1 atom stereocenters. The van der Waals surface area contributed by atoms with E-state index < -0.39 is 8.32 Å². The SMILES string of the molecule is CC1=C(O[Si](C)(C)C)C([SiH3])=CC1C. The Balaban J connectivity index is 2.86. The summed E-state index contributed by atoms with van der Waals surface area (Å²) in [5, 5.41) is 1.45. The quantitative estimate of drug-likeness (QED) is 0.636. The molecule has 1 aliphatic carbocycles. The van der Waals surface area contributed by atoms with Crippen molar-refractivity contribution in [1.29, 1.82) is 0 Å².